The van der Waals surface area contributed by atoms with Crippen molar-refractivity contribution in [3.05, 3.63) is 18.5 Å². The summed E-state index contributed by atoms with van der Waals surface area (Å²) < 4.78 is 11.0. The molecule has 3 rings (SSSR count). The van der Waals surface area contributed by atoms with E-state index >= 15 is 0 Å². The molecule has 2 aliphatic rings. The Hall–Kier alpha value is -1.81. The summed E-state index contributed by atoms with van der Waals surface area (Å²) in [4.78, 5) is 25.2. The fraction of sp³-hybridized carbons (Fsp3) is 0.706. The third kappa shape index (κ3) is 5.34. The molecular formula is C17H27N5O4. The lowest BCUT2D eigenvalue weighted by Crippen LogP contribution is -2.54. The summed E-state index contributed by atoms with van der Waals surface area (Å²) in [6, 6.07) is 1.74. The molecule has 0 bridgehead atoms. The van der Waals surface area contributed by atoms with Crippen molar-refractivity contribution in [2.45, 2.75) is 18.6 Å². The van der Waals surface area contributed by atoms with Crippen LogP contribution in [0.15, 0.2) is 18.5 Å². The molecule has 2 N–H and O–H groups in total. The van der Waals surface area contributed by atoms with Crippen LogP contribution in [0.5, 0.6) is 0 Å². The number of rotatable bonds is 7. The van der Waals surface area contributed by atoms with Crippen LogP contribution < -0.4 is 10.2 Å². The molecule has 0 spiro atoms. The Bertz CT molecular complexity index is 553. The average Bonchev–Trinajstić information content (AvgIpc) is 2.68. The summed E-state index contributed by atoms with van der Waals surface area (Å²) in [6.07, 6.45) is 4.00. The minimum absolute atomic E-state index is 0.00101. The maximum Gasteiger partial charge on any atom is 0.234 e. The van der Waals surface area contributed by atoms with Crippen LogP contribution in [0.3, 0.4) is 0 Å². The van der Waals surface area contributed by atoms with Crippen molar-refractivity contribution >= 4 is 11.9 Å². The van der Waals surface area contributed by atoms with Crippen LogP contribution in [-0.2, 0) is 14.3 Å². The van der Waals surface area contributed by atoms with Gasteiger partial charge in [0, 0.05) is 45.2 Å². The van der Waals surface area contributed by atoms with Crippen LogP contribution in [0.2, 0.25) is 0 Å². The number of nitrogens with zero attached hydrogens (tertiary/aromatic N) is 4. The number of nitrogens with one attached hydrogen (secondary N) is 1. The van der Waals surface area contributed by atoms with Crippen LogP contribution in [0.1, 0.15) is 6.42 Å². The number of anilines is 1. The minimum Gasteiger partial charge on any atom is -0.394 e. The summed E-state index contributed by atoms with van der Waals surface area (Å²) in [5, 5.41) is 12.0. The normalized spacial score (nSPS) is 24.4. The van der Waals surface area contributed by atoms with Gasteiger partial charge in [-0.3, -0.25) is 9.69 Å². The number of hydrogen-bond donors (Lipinski definition) is 2. The van der Waals surface area contributed by atoms with Gasteiger partial charge in [0.1, 0.15) is 6.10 Å². The molecule has 1 aromatic rings. The molecule has 0 unspecified atom stereocenters. The van der Waals surface area contributed by atoms with Gasteiger partial charge < -0.3 is 24.8 Å². The van der Waals surface area contributed by atoms with Crippen molar-refractivity contribution in [2.75, 3.05) is 64.1 Å². The Morgan fingerprint density at radius 2 is 2.08 bits per heavy atom. The summed E-state index contributed by atoms with van der Waals surface area (Å²) in [7, 11) is 0. The molecule has 0 aliphatic carbocycles. The number of aliphatic hydroxyl groups is 1. The zero-order valence-corrected chi connectivity index (χ0v) is 14.9. The lowest BCUT2D eigenvalue weighted by Gasteiger charge is -2.35. The summed E-state index contributed by atoms with van der Waals surface area (Å²) in [5.41, 5.74) is 0. The van der Waals surface area contributed by atoms with Gasteiger partial charge in [0.2, 0.25) is 11.9 Å². The van der Waals surface area contributed by atoms with E-state index in [4.69, 9.17) is 14.6 Å². The van der Waals surface area contributed by atoms with Crippen LogP contribution >= 0.6 is 0 Å². The molecule has 144 valence electrons. The molecule has 2 fully saturated rings. The molecule has 3 heterocycles. The SMILES string of the molecule is O=C(CN1CCN(c2ncccn2)CC1)N[C@@H]1CCOC[C@H]1OCCO. The van der Waals surface area contributed by atoms with Crippen LogP contribution in [0, 0.1) is 0 Å². The number of carbonyl (C=O) groups is 1. The second-order valence-corrected chi connectivity index (χ2v) is 6.48. The van der Waals surface area contributed by atoms with Gasteiger partial charge in [0.15, 0.2) is 0 Å². The van der Waals surface area contributed by atoms with Gasteiger partial charge in [0.25, 0.3) is 0 Å². The van der Waals surface area contributed by atoms with Crippen molar-refractivity contribution in [3.63, 3.8) is 0 Å². The molecule has 9 nitrogen and oxygen atoms in total. The van der Waals surface area contributed by atoms with Crippen LogP contribution in [-0.4, -0.2) is 97.2 Å². The number of hydrogen-bond acceptors (Lipinski definition) is 8. The highest BCUT2D eigenvalue weighted by atomic mass is 16.5. The van der Waals surface area contributed by atoms with Gasteiger partial charge in [-0.15, -0.1) is 0 Å². The topological polar surface area (TPSA) is 100 Å². The third-order valence-electron chi connectivity index (χ3n) is 4.65. The molecule has 0 radical (unpaired) electrons. The first-order valence-electron chi connectivity index (χ1n) is 9.10. The Balaban J connectivity index is 1.42. The van der Waals surface area contributed by atoms with Crippen molar-refractivity contribution in [1.29, 1.82) is 0 Å². The maximum atomic E-state index is 12.4. The lowest BCUT2D eigenvalue weighted by molar-refractivity contribution is -0.127. The Morgan fingerprint density at radius 1 is 1.31 bits per heavy atom. The molecular weight excluding hydrogens is 338 g/mol. The molecule has 0 aromatic carbocycles. The van der Waals surface area contributed by atoms with Gasteiger partial charge in [-0.1, -0.05) is 0 Å². The van der Waals surface area contributed by atoms with Gasteiger partial charge in [-0.05, 0) is 12.5 Å². The van der Waals surface area contributed by atoms with E-state index in [9.17, 15) is 4.79 Å². The van der Waals surface area contributed by atoms with Crippen molar-refractivity contribution in [1.82, 2.24) is 20.2 Å². The van der Waals surface area contributed by atoms with Crippen molar-refractivity contribution in [3.8, 4) is 0 Å². The quantitative estimate of drug-likeness (QED) is 0.627. The van der Waals surface area contributed by atoms with Crippen LogP contribution in [0.25, 0.3) is 0 Å². The highest BCUT2D eigenvalue weighted by Crippen LogP contribution is 2.12. The fourth-order valence-corrected chi connectivity index (χ4v) is 3.26. The lowest BCUT2D eigenvalue weighted by atomic mass is 10.1. The van der Waals surface area contributed by atoms with E-state index in [1.807, 2.05) is 0 Å². The second kappa shape index (κ2) is 9.77. The number of amides is 1. The van der Waals surface area contributed by atoms with E-state index in [1.165, 1.54) is 0 Å². The number of carbonyl (C=O) groups excluding carboxylic acids is 1. The molecule has 1 aromatic heterocycles. The van der Waals surface area contributed by atoms with E-state index in [1.54, 1.807) is 18.5 Å². The van der Waals surface area contributed by atoms with E-state index in [0.29, 0.717) is 19.8 Å². The predicted octanol–water partition coefficient (Wildman–Crippen LogP) is -1.12. The Morgan fingerprint density at radius 3 is 2.81 bits per heavy atom. The summed E-state index contributed by atoms with van der Waals surface area (Å²) in [6.45, 7) is 4.84. The maximum absolute atomic E-state index is 12.4. The largest absolute Gasteiger partial charge is 0.394 e. The first-order valence-corrected chi connectivity index (χ1v) is 9.10. The zero-order chi connectivity index (χ0) is 18.2. The number of piperazine rings is 1. The molecule has 2 saturated heterocycles. The summed E-state index contributed by atoms with van der Waals surface area (Å²) in [5.74, 6) is 0.738. The first kappa shape index (κ1) is 19.0. The molecule has 2 atom stereocenters. The highest BCUT2D eigenvalue weighted by Gasteiger charge is 2.28. The molecule has 0 saturated carbocycles. The molecule has 26 heavy (non-hydrogen) atoms. The zero-order valence-electron chi connectivity index (χ0n) is 14.9. The summed E-state index contributed by atoms with van der Waals surface area (Å²) >= 11 is 0. The standard InChI is InChI=1S/C17H27N5O4/c23-9-11-26-15-13-25-10-2-14(15)20-16(24)12-21-5-7-22(8-6-21)17-18-3-1-4-19-17/h1,3-4,14-15,23H,2,5-13H2,(H,20,24)/t14-,15-/m1/s1. The molecule has 2 aliphatic heterocycles. The molecule has 9 heteroatoms. The van der Waals surface area contributed by atoms with E-state index in [-0.39, 0.29) is 31.3 Å². The highest BCUT2D eigenvalue weighted by molar-refractivity contribution is 5.78. The number of ether oxygens (including phenoxy) is 2. The van der Waals surface area contributed by atoms with Crippen molar-refractivity contribution in [2.24, 2.45) is 0 Å². The van der Waals surface area contributed by atoms with Crippen molar-refractivity contribution < 1.29 is 19.4 Å². The smallest absolute Gasteiger partial charge is 0.234 e. The fourth-order valence-electron chi connectivity index (χ4n) is 3.26. The van der Waals surface area contributed by atoms with E-state index in [0.717, 1.165) is 38.5 Å². The average molecular weight is 365 g/mol. The first-order chi connectivity index (χ1) is 12.8. The van der Waals surface area contributed by atoms with Gasteiger partial charge >= 0.3 is 0 Å². The monoisotopic (exact) mass is 365 g/mol. The minimum atomic E-state index is -0.202. The van der Waals surface area contributed by atoms with Gasteiger partial charge in [-0.2, -0.15) is 0 Å². The predicted molar refractivity (Wildman–Crippen MR) is 94.9 cm³/mol. The number of aliphatic hydroxyl groups excluding tert-OH is 1. The molecule has 1 amide bonds. The third-order valence-corrected chi connectivity index (χ3v) is 4.65. The Labute approximate surface area is 153 Å². The van der Waals surface area contributed by atoms with Crippen LogP contribution in [0.4, 0.5) is 5.95 Å². The van der Waals surface area contributed by atoms with Gasteiger partial charge in [0.05, 0.1) is 32.4 Å². The Kier molecular flexibility index (Phi) is 7.13. The number of aromatic nitrogens is 2. The second-order valence-electron chi connectivity index (χ2n) is 6.48. The van der Waals surface area contributed by atoms with E-state index < -0.39 is 0 Å². The van der Waals surface area contributed by atoms with Gasteiger partial charge in [-0.25, -0.2) is 9.97 Å². The van der Waals surface area contributed by atoms with E-state index in [2.05, 4.69) is 25.1 Å².